The van der Waals surface area contributed by atoms with Gasteiger partial charge in [0.05, 0.1) is 14.2 Å². The van der Waals surface area contributed by atoms with Crippen molar-refractivity contribution in [3.05, 3.63) is 23.8 Å². The van der Waals surface area contributed by atoms with Gasteiger partial charge in [0, 0.05) is 12.1 Å². The molecule has 112 valence electrons. The van der Waals surface area contributed by atoms with Crippen LogP contribution in [0.3, 0.4) is 0 Å². The van der Waals surface area contributed by atoms with Crippen LogP contribution < -0.4 is 20.5 Å². The first-order chi connectivity index (χ1) is 9.74. The third kappa shape index (κ3) is 3.87. The summed E-state index contributed by atoms with van der Waals surface area (Å²) in [6, 6.07) is 6.88. The van der Waals surface area contributed by atoms with Gasteiger partial charge in [0.15, 0.2) is 11.5 Å². The Morgan fingerprint density at radius 2 is 1.90 bits per heavy atom. The van der Waals surface area contributed by atoms with Crippen LogP contribution >= 0.6 is 0 Å². The van der Waals surface area contributed by atoms with Gasteiger partial charge in [-0.05, 0) is 43.5 Å². The van der Waals surface area contributed by atoms with Crippen molar-refractivity contribution in [3.63, 3.8) is 0 Å². The molecule has 0 aliphatic heterocycles. The van der Waals surface area contributed by atoms with E-state index in [0.717, 1.165) is 30.9 Å². The number of hydrogen-bond donors (Lipinski definition) is 2. The van der Waals surface area contributed by atoms with Crippen molar-refractivity contribution in [2.75, 3.05) is 20.8 Å². The van der Waals surface area contributed by atoms with Crippen LogP contribution in [0.5, 0.6) is 11.5 Å². The Kier molecular flexibility index (Phi) is 5.68. The maximum atomic E-state index is 6.14. The zero-order valence-corrected chi connectivity index (χ0v) is 12.5. The molecule has 1 aromatic carbocycles. The highest BCUT2D eigenvalue weighted by Crippen LogP contribution is 2.27. The predicted molar refractivity (Wildman–Crippen MR) is 81.5 cm³/mol. The highest BCUT2D eigenvalue weighted by Gasteiger charge is 2.20. The zero-order chi connectivity index (χ0) is 14.4. The summed E-state index contributed by atoms with van der Waals surface area (Å²) in [5.41, 5.74) is 7.39. The fourth-order valence-corrected chi connectivity index (χ4v) is 2.85. The van der Waals surface area contributed by atoms with Gasteiger partial charge >= 0.3 is 0 Å². The van der Waals surface area contributed by atoms with E-state index in [-0.39, 0.29) is 0 Å². The molecule has 3 N–H and O–H groups in total. The predicted octanol–water partition coefficient (Wildman–Crippen LogP) is 2.11. The van der Waals surface area contributed by atoms with E-state index in [2.05, 4.69) is 11.4 Å². The minimum absolute atomic E-state index is 0.314. The molecule has 0 amide bonds. The van der Waals surface area contributed by atoms with E-state index in [1.165, 1.54) is 24.8 Å². The van der Waals surface area contributed by atoms with Gasteiger partial charge in [0.1, 0.15) is 0 Å². The molecule has 2 unspecified atom stereocenters. The van der Waals surface area contributed by atoms with Crippen molar-refractivity contribution >= 4 is 0 Å². The van der Waals surface area contributed by atoms with E-state index in [1.54, 1.807) is 14.2 Å². The second kappa shape index (κ2) is 7.50. The molecule has 1 aliphatic carbocycles. The fraction of sp³-hybridized carbons (Fsp3) is 0.625. The van der Waals surface area contributed by atoms with Crippen LogP contribution in [0.4, 0.5) is 0 Å². The molecule has 0 aromatic heterocycles. The number of ether oxygens (including phenoxy) is 2. The Labute approximate surface area is 121 Å². The Bertz CT molecular complexity index is 423. The molecular formula is C16H26N2O2. The monoisotopic (exact) mass is 278 g/mol. The first kappa shape index (κ1) is 15.1. The number of hydrogen-bond acceptors (Lipinski definition) is 4. The number of rotatable bonds is 6. The second-order valence-corrected chi connectivity index (χ2v) is 5.45. The van der Waals surface area contributed by atoms with Crippen molar-refractivity contribution in [2.24, 2.45) is 5.73 Å². The summed E-state index contributed by atoms with van der Waals surface area (Å²) in [5, 5.41) is 3.59. The van der Waals surface area contributed by atoms with Crippen molar-refractivity contribution < 1.29 is 9.47 Å². The van der Waals surface area contributed by atoms with Gasteiger partial charge in [-0.1, -0.05) is 18.9 Å². The van der Waals surface area contributed by atoms with Crippen LogP contribution in [-0.4, -0.2) is 32.8 Å². The molecule has 0 spiro atoms. The van der Waals surface area contributed by atoms with Gasteiger partial charge in [-0.15, -0.1) is 0 Å². The third-order valence-electron chi connectivity index (χ3n) is 4.09. The minimum atomic E-state index is 0.314. The lowest BCUT2D eigenvalue weighted by Gasteiger charge is -2.29. The van der Waals surface area contributed by atoms with Gasteiger partial charge < -0.3 is 20.5 Å². The molecule has 2 atom stereocenters. The summed E-state index contributed by atoms with van der Waals surface area (Å²) < 4.78 is 10.6. The van der Waals surface area contributed by atoms with Crippen molar-refractivity contribution in [3.8, 4) is 11.5 Å². The Hall–Kier alpha value is -1.26. The topological polar surface area (TPSA) is 56.5 Å². The number of methoxy groups -OCH3 is 2. The van der Waals surface area contributed by atoms with Crippen LogP contribution in [0.2, 0.25) is 0 Å². The molecular weight excluding hydrogens is 252 g/mol. The highest BCUT2D eigenvalue weighted by atomic mass is 16.5. The first-order valence-electron chi connectivity index (χ1n) is 7.44. The van der Waals surface area contributed by atoms with Crippen molar-refractivity contribution in [2.45, 2.75) is 44.2 Å². The molecule has 2 rings (SSSR count). The minimum Gasteiger partial charge on any atom is -0.493 e. The van der Waals surface area contributed by atoms with Crippen LogP contribution in [0.1, 0.15) is 31.2 Å². The van der Waals surface area contributed by atoms with E-state index < -0.39 is 0 Å². The van der Waals surface area contributed by atoms with Gasteiger partial charge in [-0.25, -0.2) is 0 Å². The molecule has 4 nitrogen and oxygen atoms in total. The molecule has 4 heteroatoms. The van der Waals surface area contributed by atoms with Crippen LogP contribution in [0.25, 0.3) is 0 Å². The van der Waals surface area contributed by atoms with E-state index in [1.807, 2.05) is 12.1 Å². The molecule has 0 saturated heterocycles. The summed E-state index contributed by atoms with van der Waals surface area (Å²) >= 11 is 0. The Morgan fingerprint density at radius 1 is 1.15 bits per heavy atom. The molecule has 20 heavy (non-hydrogen) atoms. The quantitative estimate of drug-likeness (QED) is 0.837. The molecule has 1 saturated carbocycles. The average molecular weight is 278 g/mol. The van der Waals surface area contributed by atoms with E-state index in [4.69, 9.17) is 15.2 Å². The number of nitrogens with one attached hydrogen (secondary N) is 1. The average Bonchev–Trinajstić information content (AvgIpc) is 2.49. The lowest BCUT2D eigenvalue weighted by molar-refractivity contribution is 0.329. The molecule has 1 fully saturated rings. The van der Waals surface area contributed by atoms with Crippen molar-refractivity contribution in [1.29, 1.82) is 0 Å². The van der Waals surface area contributed by atoms with E-state index in [9.17, 15) is 0 Å². The fourth-order valence-electron chi connectivity index (χ4n) is 2.85. The lowest BCUT2D eigenvalue weighted by Crippen LogP contribution is -2.47. The van der Waals surface area contributed by atoms with Crippen LogP contribution in [-0.2, 0) is 6.42 Å². The Morgan fingerprint density at radius 3 is 2.60 bits per heavy atom. The Balaban J connectivity index is 1.84. The number of benzene rings is 1. The van der Waals surface area contributed by atoms with E-state index >= 15 is 0 Å². The standard InChI is InChI=1S/C16H26N2O2/c1-19-15-8-7-12(11-16(15)20-2)9-10-18-14-6-4-3-5-13(14)17/h7-8,11,13-14,18H,3-6,9-10,17H2,1-2H3. The smallest absolute Gasteiger partial charge is 0.160 e. The molecule has 1 aliphatic rings. The normalized spacial score (nSPS) is 22.6. The van der Waals surface area contributed by atoms with Gasteiger partial charge in [0.2, 0.25) is 0 Å². The van der Waals surface area contributed by atoms with Crippen molar-refractivity contribution in [1.82, 2.24) is 5.32 Å². The molecule has 1 aromatic rings. The SMILES string of the molecule is COc1ccc(CCNC2CCCCC2N)cc1OC. The van der Waals surface area contributed by atoms with Gasteiger partial charge in [0.25, 0.3) is 0 Å². The summed E-state index contributed by atoms with van der Waals surface area (Å²) in [4.78, 5) is 0. The molecule has 0 radical (unpaired) electrons. The lowest BCUT2D eigenvalue weighted by atomic mass is 9.91. The highest BCUT2D eigenvalue weighted by molar-refractivity contribution is 5.42. The summed E-state index contributed by atoms with van der Waals surface area (Å²) in [5.74, 6) is 1.57. The largest absolute Gasteiger partial charge is 0.493 e. The van der Waals surface area contributed by atoms with Gasteiger partial charge in [-0.2, -0.15) is 0 Å². The first-order valence-corrected chi connectivity index (χ1v) is 7.44. The molecule has 0 bridgehead atoms. The van der Waals surface area contributed by atoms with Gasteiger partial charge in [-0.3, -0.25) is 0 Å². The summed E-state index contributed by atoms with van der Waals surface area (Å²) in [6.45, 7) is 0.952. The molecule has 0 heterocycles. The third-order valence-corrected chi connectivity index (χ3v) is 4.09. The maximum absolute atomic E-state index is 6.14. The maximum Gasteiger partial charge on any atom is 0.160 e. The van der Waals surface area contributed by atoms with E-state index in [0.29, 0.717) is 12.1 Å². The zero-order valence-electron chi connectivity index (χ0n) is 12.5. The summed E-state index contributed by atoms with van der Waals surface area (Å²) in [6.07, 6.45) is 5.89. The number of nitrogens with two attached hydrogens (primary N) is 1. The van der Waals surface area contributed by atoms with Crippen LogP contribution in [0.15, 0.2) is 18.2 Å². The summed E-state index contributed by atoms with van der Waals surface area (Å²) in [7, 11) is 3.32. The second-order valence-electron chi connectivity index (χ2n) is 5.45. The van der Waals surface area contributed by atoms with Crippen LogP contribution in [0, 0.1) is 0 Å².